The van der Waals surface area contributed by atoms with E-state index in [0.29, 0.717) is 11.7 Å². The quantitative estimate of drug-likeness (QED) is 0.409. The maximum atomic E-state index is 10.8. The number of phenols is 1. The van der Waals surface area contributed by atoms with Gasteiger partial charge in [-0.3, -0.25) is 0 Å². The number of anilines is 1. The van der Waals surface area contributed by atoms with E-state index in [4.69, 9.17) is 0 Å². The Bertz CT molecular complexity index is 998. The Kier molecular flexibility index (Phi) is 4.96. The van der Waals surface area contributed by atoms with Crippen molar-refractivity contribution in [3.8, 4) is 5.75 Å². The molecule has 3 rings (SSSR count). The number of phenolic OH excluding ortho intramolecular Hbond substituents is 1. The summed E-state index contributed by atoms with van der Waals surface area (Å²) in [7, 11) is 0. The third-order valence-electron chi connectivity index (χ3n) is 4.77. The van der Waals surface area contributed by atoms with Crippen LogP contribution in [0.5, 0.6) is 5.75 Å². The first-order chi connectivity index (χ1) is 12.9. The van der Waals surface area contributed by atoms with Gasteiger partial charge in [-0.25, -0.2) is 10.4 Å². The number of hydrazone groups is 1. The first kappa shape index (κ1) is 19.9. The van der Waals surface area contributed by atoms with Gasteiger partial charge in [-0.1, -0.05) is 47.6 Å². The molecule has 5 nitrogen and oxygen atoms in total. The van der Waals surface area contributed by atoms with Gasteiger partial charge in [0.2, 0.25) is 5.95 Å². The van der Waals surface area contributed by atoms with Crippen LogP contribution >= 0.6 is 0 Å². The van der Waals surface area contributed by atoms with E-state index in [1.54, 1.807) is 6.21 Å². The zero-order valence-corrected chi connectivity index (χ0v) is 17.8. The molecular formula is C23H30N4O. The van der Waals surface area contributed by atoms with Crippen LogP contribution in [0.15, 0.2) is 35.4 Å². The Labute approximate surface area is 166 Å². The van der Waals surface area contributed by atoms with Crippen molar-refractivity contribution in [1.29, 1.82) is 0 Å². The Morgan fingerprint density at radius 1 is 1.00 bits per heavy atom. The number of imidazole rings is 1. The minimum atomic E-state index is -0.169. The molecule has 0 bridgehead atoms. The molecule has 0 aliphatic heterocycles. The summed E-state index contributed by atoms with van der Waals surface area (Å²) in [6, 6.07) is 10.1. The van der Waals surface area contributed by atoms with Crippen molar-refractivity contribution < 1.29 is 5.11 Å². The minimum absolute atomic E-state index is 0.169. The molecular weight excluding hydrogens is 348 g/mol. The lowest BCUT2D eigenvalue weighted by Crippen LogP contribution is -2.18. The third kappa shape index (κ3) is 4.19. The molecule has 0 saturated heterocycles. The fourth-order valence-electron chi connectivity index (χ4n) is 3.22. The summed E-state index contributed by atoms with van der Waals surface area (Å²) in [6.45, 7) is 14.7. The van der Waals surface area contributed by atoms with Crippen molar-refractivity contribution in [2.75, 3.05) is 5.43 Å². The molecule has 0 fully saturated rings. The molecule has 0 aliphatic rings. The number of nitrogens with one attached hydrogen (secondary N) is 2. The molecule has 148 valence electrons. The predicted molar refractivity (Wildman–Crippen MR) is 118 cm³/mol. The summed E-state index contributed by atoms with van der Waals surface area (Å²) in [5.41, 5.74) is 8.47. The number of aromatic nitrogens is 2. The highest BCUT2D eigenvalue weighted by molar-refractivity contribution is 5.82. The molecule has 0 amide bonds. The van der Waals surface area contributed by atoms with Gasteiger partial charge in [-0.05, 0) is 53.1 Å². The average molecular weight is 379 g/mol. The van der Waals surface area contributed by atoms with Crippen LogP contribution in [0.25, 0.3) is 11.0 Å². The van der Waals surface area contributed by atoms with E-state index in [1.807, 2.05) is 24.3 Å². The second-order valence-corrected chi connectivity index (χ2v) is 9.44. The molecule has 28 heavy (non-hydrogen) atoms. The topological polar surface area (TPSA) is 73.3 Å². The van der Waals surface area contributed by atoms with Crippen LogP contribution in [0.3, 0.4) is 0 Å². The van der Waals surface area contributed by atoms with Gasteiger partial charge in [0, 0.05) is 11.1 Å². The number of aromatic hydroxyl groups is 1. The first-order valence-corrected chi connectivity index (χ1v) is 9.58. The smallest absolute Gasteiger partial charge is 0.222 e. The van der Waals surface area contributed by atoms with Crippen molar-refractivity contribution in [1.82, 2.24) is 9.97 Å². The van der Waals surface area contributed by atoms with E-state index in [2.05, 4.69) is 75.0 Å². The van der Waals surface area contributed by atoms with Crippen LogP contribution in [0, 0.1) is 6.92 Å². The number of hydrogen-bond acceptors (Lipinski definition) is 4. The first-order valence-electron chi connectivity index (χ1n) is 9.58. The standard InChI is InChI=1S/C23H30N4O/c1-14-8-9-18-19(10-14)26-21(25-18)27-24-13-15-11-16(22(2,3)4)20(28)17(12-15)23(5,6)7/h8-13,28H,1-7H3,(H2,25,26,27)/b24-13-. The Balaban J connectivity index is 1.91. The van der Waals surface area contributed by atoms with Gasteiger partial charge < -0.3 is 10.1 Å². The molecule has 0 atom stereocenters. The fourth-order valence-corrected chi connectivity index (χ4v) is 3.22. The van der Waals surface area contributed by atoms with Crippen molar-refractivity contribution in [3.63, 3.8) is 0 Å². The van der Waals surface area contributed by atoms with Crippen LogP contribution in [-0.4, -0.2) is 21.3 Å². The highest BCUT2D eigenvalue weighted by atomic mass is 16.3. The van der Waals surface area contributed by atoms with Gasteiger partial charge in [0.15, 0.2) is 0 Å². The van der Waals surface area contributed by atoms with Crippen LogP contribution in [-0.2, 0) is 10.8 Å². The molecule has 1 heterocycles. The monoisotopic (exact) mass is 378 g/mol. The Hall–Kier alpha value is -2.82. The predicted octanol–water partition coefficient (Wildman–Crippen LogP) is 5.62. The number of aromatic amines is 1. The van der Waals surface area contributed by atoms with Crippen LogP contribution in [0.2, 0.25) is 0 Å². The summed E-state index contributed by atoms with van der Waals surface area (Å²) in [6.07, 6.45) is 1.77. The fraction of sp³-hybridized carbons (Fsp3) is 0.391. The number of aryl methyl sites for hydroxylation is 1. The lowest BCUT2D eigenvalue weighted by atomic mass is 9.78. The van der Waals surface area contributed by atoms with E-state index < -0.39 is 0 Å². The number of hydrogen-bond donors (Lipinski definition) is 3. The van der Waals surface area contributed by atoms with E-state index >= 15 is 0 Å². The van der Waals surface area contributed by atoms with Gasteiger partial charge in [0.25, 0.3) is 0 Å². The molecule has 0 saturated carbocycles. The Morgan fingerprint density at radius 2 is 1.61 bits per heavy atom. The molecule has 0 spiro atoms. The second kappa shape index (κ2) is 6.97. The lowest BCUT2D eigenvalue weighted by Gasteiger charge is -2.27. The maximum Gasteiger partial charge on any atom is 0.222 e. The molecule has 0 unspecified atom stereocenters. The van der Waals surface area contributed by atoms with Crippen LogP contribution in [0.1, 0.15) is 63.8 Å². The highest BCUT2D eigenvalue weighted by Crippen LogP contribution is 2.39. The van der Waals surface area contributed by atoms with Gasteiger partial charge >= 0.3 is 0 Å². The third-order valence-corrected chi connectivity index (χ3v) is 4.77. The number of fused-ring (bicyclic) bond motifs is 1. The minimum Gasteiger partial charge on any atom is -0.507 e. The van der Waals surface area contributed by atoms with Gasteiger partial charge in [0.05, 0.1) is 17.2 Å². The Morgan fingerprint density at radius 3 is 2.18 bits per heavy atom. The van der Waals surface area contributed by atoms with Gasteiger partial charge in [-0.2, -0.15) is 5.10 Å². The summed E-state index contributed by atoms with van der Waals surface area (Å²) >= 11 is 0. The van der Waals surface area contributed by atoms with Crippen molar-refractivity contribution in [2.45, 2.75) is 59.3 Å². The molecule has 1 aromatic heterocycles. The maximum absolute atomic E-state index is 10.8. The summed E-state index contributed by atoms with van der Waals surface area (Å²) in [4.78, 5) is 7.72. The zero-order chi connectivity index (χ0) is 20.7. The SMILES string of the molecule is Cc1ccc2nc(N/N=C\c3cc(C(C)(C)C)c(O)c(C(C)(C)C)c3)[nH]c2c1. The van der Waals surface area contributed by atoms with E-state index in [9.17, 15) is 5.11 Å². The van der Waals surface area contributed by atoms with Crippen molar-refractivity contribution in [3.05, 3.63) is 52.6 Å². The van der Waals surface area contributed by atoms with Crippen molar-refractivity contribution >= 4 is 23.2 Å². The van der Waals surface area contributed by atoms with E-state index in [1.165, 1.54) is 5.56 Å². The van der Waals surface area contributed by atoms with Gasteiger partial charge in [0.1, 0.15) is 5.75 Å². The second-order valence-electron chi connectivity index (χ2n) is 9.44. The van der Waals surface area contributed by atoms with E-state index in [0.717, 1.165) is 27.7 Å². The van der Waals surface area contributed by atoms with Crippen molar-refractivity contribution in [2.24, 2.45) is 5.10 Å². The molecule has 2 aromatic carbocycles. The van der Waals surface area contributed by atoms with E-state index in [-0.39, 0.29) is 10.8 Å². The normalized spacial score (nSPS) is 12.8. The number of H-pyrrole nitrogens is 1. The summed E-state index contributed by atoms with van der Waals surface area (Å²) in [5, 5.41) is 15.2. The summed E-state index contributed by atoms with van der Waals surface area (Å²) in [5.74, 6) is 0.973. The van der Waals surface area contributed by atoms with Crippen LogP contribution < -0.4 is 5.43 Å². The molecule has 0 aliphatic carbocycles. The van der Waals surface area contributed by atoms with Crippen LogP contribution in [0.4, 0.5) is 5.95 Å². The number of nitrogens with zero attached hydrogens (tertiary/aromatic N) is 2. The zero-order valence-electron chi connectivity index (χ0n) is 17.8. The largest absolute Gasteiger partial charge is 0.507 e. The molecule has 5 heteroatoms. The number of benzene rings is 2. The highest BCUT2D eigenvalue weighted by Gasteiger charge is 2.26. The summed E-state index contributed by atoms with van der Waals surface area (Å²) < 4.78 is 0. The number of rotatable bonds is 3. The molecule has 3 N–H and O–H groups in total. The molecule has 0 radical (unpaired) electrons. The van der Waals surface area contributed by atoms with Gasteiger partial charge in [-0.15, -0.1) is 0 Å². The molecule has 3 aromatic rings. The lowest BCUT2D eigenvalue weighted by molar-refractivity contribution is 0.423. The average Bonchev–Trinajstić information content (AvgIpc) is 2.95.